The second-order valence-corrected chi connectivity index (χ2v) is 7.16. The topological polar surface area (TPSA) is 63.6 Å². The fraction of sp³-hybridized carbons (Fsp3) is 0.316. The predicted octanol–water partition coefficient (Wildman–Crippen LogP) is 3.54. The largest absolute Gasteiger partial charge is 0.494 e. The van der Waals surface area contributed by atoms with E-state index in [0.29, 0.717) is 23.9 Å². The molecule has 0 bridgehead atoms. The van der Waals surface area contributed by atoms with E-state index in [1.54, 1.807) is 12.1 Å². The SMILES string of the molecule is O=C(O)c1ccc(OCCCS(=O)CCCc2ccccc2)cc1. The van der Waals surface area contributed by atoms with Gasteiger partial charge in [0.15, 0.2) is 0 Å². The molecule has 2 aromatic rings. The number of rotatable bonds is 10. The number of hydrogen-bond acceptors (Lipinski definition) is 3. The fourth-order valence-corrected chi connectivity index (χ4v) is 3.40. The van der Waals surface area contributed by atoms with Crippen LogP contribution in [0.5, 0.6) is 5.75 Å². The standard InChI is InChI=1S/C19H22O4S/c20-19(21)17-9-11-18(12-10-17)23-13-5-15-24(22)14-4-8-16-6-2-1-3-7-16/h1-3,6-7,9-12H,4-5,8,13-15H2,(H,20,21). The first-order valence-electron chi connectivity index (χ1n) is 8.00. The minimum Gasteiger partial charge on any atom is -0.494 e. The number of carboxylic acid groups (broad SMARTS) is 1. The summed E-state index contributed by atoms with van der Waals surface area (Å²) in [6.45, 7) is 0.483. The number of carbonyl (C=O) groups is 1. The highest BCUT2D eigenvalue weighted by Crippen LogP contribution is 2.12. The van der Waals surface area contributed by atoms with E-state index in [4.69, 9.17) is 9.84 Å². The molecule has 0 amide bonds. The molecule has 24 heavy (non-hydrogen) atoms. The Hall–Kier alpha value is -2.14. The van der Waals surface area contributed by atoms with Crippen molar-refractivity contribution in [2.24, 2.45) is 0 Å². The van der Waals surface area contributed by atoms with Crippen molar-refractivity contribution in [1.29, 1.82) is 0 Å². The van der Waals surface area contributed by atoms with E-state index in [1.165, 1.54) is 17.7 Å². The maximum atomic E-state index is 12.0. The Labute approximate surface area is 144 Å². The molecular weight excluding hydrogens is 324 g/mol. The van der Waals surface area contributed by atoms with Crippen molar-refractivity contribution in [3.05, 3.63) is 65.7 Å². The zero-order chi connectivity index (χ0) is 17.2. The monoisotopic (exact) mass is 346 g/mol. The van der Waals surface area contributed by atoms with E-state index in [9.17, 15) is 9.00 Å². The van der Waals surface area contributed by atoms with Gasteiger partial charge in [-0.05, 0) is 49.1 Å². The van der Waals surface area contributed by atoms with Crippen LogP contribution in [0, 0.1) is 0 Å². The number of aromatic carboxylic acids is 1. The summed E-state index contributed by atoms with van der Waals surface area (Å²) in [7, 11) is -0.819. The van der Waals surface area contributed by atoms with Crippen molar-refractivity contribution in [1.82, 2.24) is 0 Å². The molecule has 0 saturated carbocycles. The summed E-state index contributed by atoms with van der Waals surface area (Å²) in [5, 5.41) is 8.82. The number of benzene rings is 2. The van der Waals surface area contributed by atoms with Crippen molar-refractivity contribution >= 4 is 16.8 Å². The molecule has 128 valence electrons. The van der Waals surface area contributed by atoms with E-state index in [-0.39, 0.29) is 5.56 Å². The van der Waals surface area contributed by atoms with E-state index >= 15 is 0 Å². The van der Waals surface area contributed by atoms with Gasteiger partial charge in [-0.3, -0.25) is 4.21 Å². The minimum atomic E-state index is -0.951. The molecule has 5 heteroatoms. The highest BCUT2D eigenvalue weighted by Gasteiger charge is 2.03. The highest BCUT2D eigenvalue weighted by atomic mass is 32.2. The van der Waals surface area contributed by atoms with Crippen LogP contribution in [0.2, 0.25) is 0 Å². The third kappa shape index (κ3) is 6.54. The molecule has 1 atom stereocenters. The Morgan fingerprint density at radius 2 is 1.62 bits per heavy atom. The van der Waals surface area contributed by atoms with E-state index in [2.05, 4.69) is 12.1 Å². The summed E-state index contributed by atoms with van der Waals surface area (Å²) in [5.41, 5.74) is 1.52. The van der Waals surface area contributed by atoms with E-state index < -0.39 is 16.8 Å². The second kappa shape index (κ2) is 9.88. The van der Waals surface area contributed by atoms with Gasteiger partial charge < -0.3 is 9.84 Å². The van der Waals surface area contributed by atoms with Gasteiger partial charge in [-0.1, -0.05) is 30.3 Å². The molecule has 1 unspecified atom stereocenters. The molecule has 0 aliphatic rings. The third-order valence-electron chi connectivity index (χ3n) is 3.57. The lowest BCUT2D eigenvalue weighted by Crippen LogP contribution is -2.08. The van der Waals surface area contributed by atoms with Gasteiger partial charge in [-0.2, -0.15) is 0 Å². The van der Waals surface area contributed by atoms with Crippen LogP contribution >= 0.6 is 0 Å². The van der Waals surface area contributed by atoms with Crippen molar-refractivity contribution in [3.8, 4) is 5.75 Å². The van der Waals surface area contributed by atoms with Crippen LogP contribution in [0.25, 0.3) is 0 Å². The highest BCUT2D eigenvalue weighted by molar-refractivity contribution is 7.84. The Kier molecular flexibility index (Phi) is 7.49. The molecular formula is C19H22O4S. The van der Waals surface area contributed by atoms with Gasteiger partial charge in [-0.25, -0.2) is 4.79 Å². The first-order chi connectivity index (χ1) is 11.6. The second-order valence-electron chi connectivity index (χ2n) is 5.47. The lowest BCUT2D eigenvalue weighted by molar-refractivity contribution is 0.0697. The molecule has 4 nitrogen and oxygen atoms in total. The molecule has 0 heterocycles. The average molecular weight is 346 g/mol. The quantitative estimate of drug-likeness (QED) is 0.669. The summed E-state index contributed by atoms with van der Waals surface area (Å²) in [6, 6.07) is 16.5. The molecule has 0 spiro atoms. The summed E-state index contributed by atoms with van der Waals surface area (Å²) in [6.07, 6.45) is 2.60. The van der Waals surface area contributed by atoms with Gasteiger partial charge in [0.1, 0.15) is 5.75 Å². The number of ether oxygens (including phenoxy) is 1. The van der Waals surface area contributed by atoms with Crippen LogP contribution in [0.1, 0.15) is 28.8 Å². The predicted molar refractivity (Wildman–Crippen MR) is 96.2 cm³/mol. The van der Waals surface area contributed by atoms with Crippen LogP contribution in [0.4, 0.5) is 0 Å². The molecule has 1 N–H and O–H groups in total. The normalized spacial score (nSPS) is 11.8. The zero-order valence-electron chi connectivity index (χ0n) is 13.5. The van der Waals surface area contributed by atoms with Crippen LogP contribution in [-0.2, 0) is 17.2 Å². The molecule has 0 saturated heterocycles. The Balaban J connectivity index is 1.58. The van der Waals surface area contributed by atoms with Crippen molar-refractivity contribution in [2.45, 2.75) is 19.3 Å². The summed E-state index contributed by atoms with van der Waals surface area (Å²) in [5.74, 6) is 1.02. The lowest BCUT2D eigenvalue weighted by atomic mass is 10.1. The van der Waals surface area contributed by atoms with Crippen molar-refractivity contribution in [3.63, 3.8) is 0 Å². The molecule has 0 fully saturated rings. The molecule has 0 aliphatic heterocycles. The maximum Gasteiger partial charge on any atom is 0.335 e. The van der Waals surface area contributed by atoms with Gasteiger partial charge in [-0.15, -0.1) is 0 Å². The van der Waals surface area contributed by atoms with Crippen molar-refractivity contribution in [2.75, 3.05) is 18.1 Å². The fourth-order valence-electron chi connectivity index (χ4n) is 2.29. The van der Waals surface area contributed by atoms with Gasteiger partial charge >= 0.3 is 5.97 Å². The minimum absolute atomic E-state index is 0.238. The molecule has 0 radical (unpaired) electrons. The molecule has 0 aromatic heterocycles. The lowest BCUT2D eigenvalue weighted by Gasteiger charge is -2.07. The maximum absolute atomic E-state index is 12.0. The van der Waals surface area contributed by atoms with Crippen LogP contribution < -0.4 is 4.74 Å². The summed E-state index contributed by atoms with van der Waals surface area (Å²) >= 11 is 0. The van der Waals surface area contributed by atoms with Gasteiger partial charge in [0.05, 0.1) is 12.2 Å². The first-order valence-corrected chi connectivity index (χ1v) is 9.49. The van der Waals surface area contributed by atoms with E-state index in [0.717, 1.165) is 19.3 Å². The number of carboxylic acids is 1. The van der Waals surface area contributed by atoms with E-state index in [1.807, 2.05) is 18.2 Å². The third-order valence-corrected chi connectivity index (χ3v) is 5.05. The van der Waals surface area contributed by atoms with Gasteiger partial charge in [0.25, 0.3) is 0 Å². The summed E-state index contributed by atoms with van der Waals surface area (Å²) in [4.78, 5) is 10.7. The van der Waals surface area contributed by atoms with Crippen LogP contribution in [0.3, 0.4) is 0 Å². The van der Waals surface area contributed by atoms with Crippen LogP contribution in [0.15, 0.2) is 54.6 Å². The molecule has 0 aliphatic carbocycles. The Morgan fingerprint density at radius 1 is 0.958 bits per heavy atom. The Morgan fingerprint density at radius 3 is 2.29 bits per heavy atom. The van der Waals surface area contributed by atoms with Crippen LogP contribution in [-0.4, -0.2) is 33.4 Å². The van der Waals surface area contributed by atoms with Gasteiger partial charge in [0, 0.05) is 22.3 Å². The first kappa shape index (κ1) is 18.2. The number of hydrogen-bond donors (Lipinski definition) is 1. The molecule has 2 aromatic carbocycles. The molecule has 2 rings (SSSR count). The zero-order valence-corrected chi connectivity index (χ0v) is 14.3. The Bertz CT molecular complexity index is 653. The van der Waals surface area contributed by atoms with Crippen molar-refractivity contribution < 1.29 is 18.8 Å². The smallest absolute Gasteiger partial charge is 0.335 e. The van der Waals surface area contributed by atoms with Gasteiger partial charge in [0.2, 0.25) is 0 Å². The number of aryl methyl sites for hydroxylation is 1. The summed E-state index contributed by atoms with van der Waals surface area (Å²) < 4.78 is 17.5. The average Bonchev–Trinajstić information content (AvgIpc) is 2.60.